The standard InChI is InChI=1S/C11H20N6O5/c1-4(19)8(14)10(21)15-6(2-7(13)20)11-16-9(17-22-11)5(12)3-18/h4-6,8,18-19H,2-3,12,14H2,1H3,(H2,13,20)(H,15,21)/t4-,5+,6+,8+/m1/s1. The Morgan fingerprint density at radius 1 is 1.41 bits per heavy atom. The Hall–Kier alpha value is -2.08. The lowest BCUT2D eigenvalue weighted by atomic mass is 10.1. The van der Waals surface area contributed by atoms with E-state index in [9.17, 15) is 14.7 Å². The molecule has 0 spiro atoms. The molecule has 1 aromatic heterocycles. The molecule has 11 heteroatoms. The fourth-order valence-corrected chi connectivity index (χ4v) is 1.51. The van der Waals surface area contributed by atoms with E-state index in [0.717, 1.165) is 0 Å². The normalized spacial score (nSPS) is 16.6. The number of primary amides is 1. The van der Waals surface area contributed by atoms with Crippen LogP contribution in [0, 0.1) is 0 Å². The van der Waals surface area contributed by atoms with Crippen molar-refractivity contribution in [2.75, 3.05) is 6.61 Å². The second-order valence-electron chi connectivity index (χ2n) is 4.78. The van der Waals surface area contributed by atoms with E-state index >= 15 is 0 Å². The minimum absolute atomic E-state index is 0.0149. The van der Waals surface area contributed by atoms with Crippen LogP contribution in [0.25, 0.3) is 0 Å². The summed E-state index contributed by atoms with van der Waals surface area (Å²) in [5.41, 5.74) is 16.1. The molecule has 124 valence electrons. The first-order chi connectivity index (χ1) is 10.3. The van der Waals surface area contributed by atoms with Crippen LogP contribution in [0.4, 0.5) is 0 Å². The SMILES string of the molecule is C[C@@H](O)[C@H](N)C(=O)N[C@@H](CC(N)=O)c1nc([C@@H](N)CO)no1. The molecule has 1 heterocycles. The first-order valence-electron chi connectivity index (χ1n) is 6.48. The van der Waals surface area contributed by atoms with Gasteiger partial charge in [-0.25, -0.2) is 0 Å². The van der Waals surface area contributed by atoms with E-state index in [-0.39, 0.29) is 18.1 Å². The highest BCUT2D eigenvalue weighted by molar-refractivity contribution is 5.83. The summed E-state index contributed by atoms with van der Waals surface area (Å²) in [6, 6.07) is -3.07. The van der Waals surface area contributed by atoms with E-state index in [4.69, 9.17) is 26.8 Å². The van der Waals surface area contributed by atoms with Crippen LogP contribution < -0.4 is 22.5 Å². The molecule has 4 atom stereocenters. The predicted octanol–water partition coefficient (Wildman–Crippen LogP) is -3.20. The van der Waals surface area contributed by atoms with Crippen molar-refractivity contribution in [1.29, 1.82) is 0 Å². The van der Waals surface area contributed by atoms with E-state index in [2.05, 4.69) is 15.5 Å². The van der Waals surface area contributed by atoms with Crippen molar-refractivity contribution in [2.24, 2.45) is 17.2 Å². The molecule has 1 rings (SSSR count). The highest BCUT2D eigenvalue weighted by Gasteiger charge is 2.28. The number of amides is 2. The van der Waals surface area contributed by atoms with Crippen molar-refractivity contribution in [1.82, 2.24) is 15.5 Å². The Balaban J connectivity index is 2.91. The molecule has 0 fully saturated rings. The lowest BCUT2D eigenvalue weighted by molar-refractivity contribution is -0.126. The number of carbonyl (C=O) groups is 2. The zero-order valence-electron chi connectivity index (χ0n) is 12.0. The molecule has 0 saturated heterocycles. The lowest BCUT2D eigenvalue weighted by Crippen LogP contribution is -2.48. The van der Waals surface area contributed by atoms with Gasteiger partial charge in [0.1, 0.15) is 12.1 Å². The van der Waals surface area contributed by atoms with Gasteiger partial charge in [-0.15, -0.1) is 0 Å². The number of nitrogens with two attached hydrogens (primary N) is 3. The first-order valence-corrected chi connectivity index (χ1v) is 6.48. The number of carbonyl (C=O) groups excluding carboxylic acids is 2. The monoisotopic (exact) mass is 316 g/mol. The van der Waals surface area contributed by atoms with E-state index in [0.29, 0.717) is 0 Å². The number of aliphatic hydroxyl groups excluding tert-OH is 2. The van der Waals surface area contributed by atoms with Crippen molar-refractivity contribution in [3.05, 3.63) is 11.7 Å². The first kappa shape index (κ1) is 18.0. The van der Waals surface area contributed by atoms with Crippen LogP contribution in [-0.4, -0.2) is 50.9 Å². The van der Waals surface area contributed by atoms with Gasteiger partial charge in [0.25, 0.3) is 0 Å². The van der Waals surface area contributed by atoms with Crippen LogP contribution in [0.5, 0.6) is 0 Å². The van der Waals surface area contributed by atoms with Gasteiger partial charge < -0.3 is 37.3 Å². The predicted molar refractivity (Wildman–Crippen MR) is 72.7 cm³/mol. The summed E-state index contributed by atoms with van der Waals surface area (Å²) in [5.74, 6) is -1.53. The van der Waals surface area contributed by atoms with Crippen molar-refractivity contribution in [2.45, 2.75) is 37.6 Å². The van der Waals surface area contributed by atoms with Crippen molar-refractivity contribution in [3.8, 4) is 0 Å². The number of aromatic nitrogens is 2. The molecule has 2 amide bonds. The zero-order valence-corrected chi connectivity index (χ0v) is 12.0. The molecule has 9 N–H and O–H groups in total. The summed E-state index contributed by atoms with van der Waals surface area (Å²) in [6.07, 6.45) is -1.40. The maximum atomic E-state index is 11.8. The number of nitrogens with zero attached hydrogens (tertiary/aromatic N) is 2. The molecular formula is C11H20N6O5. The molecule has 22 heavy (non-hydrogen) atoms. The molecule has 0 unspecified atom stereocenters. The molecule has 0 aliphatic rings. The van der Waals surface area contributed by atoms with Crippen LogP contribution in [0.3, 0.4) is 0 Å². The Kier molecular flexibility index (Phi) is 6.37. The van der Waals surface area contributed by atoms with Gasteiger partial charge in [0.2, 0.25) is 17.7 Å². The number of hydrogen-bond acceptors (Lipinski definition) is 9. The molecule has 0 aliphatic carbocycles. The molecule has 1 aromatic rings. The fraction of sp³-hybridized carbons (Fsp3) is 0.636. The van der Waals surface area contributed by atoms with Crippen molar-refractivity contribution < 1.29 is 24.3 Å². The van der Waals surface area contributed by atoms with Gasteiger partial charge >= 0.3 is 0 Å². The van der Waals surface area contributed by atoms with Gasteiger partial charge in [-0.2, -0.15) is 4.98 Å². The Bertz CT molecular complexity index is 519. The summed E-state index contributed by atoms with van der Waals surface area (Å²) < 4.78 is 4.91. The summed E-state index contributed by atoms with van der Waals surface area (Å²) >= 11 is 0. The Morgan fingerprint density at radius 3 is 2.55 bits per heavy atom. The Morgan fingerprint density at radius 2 is 2.05 bits per heavy atom. The smallest absolute Gasteiger partial charge is 0.249 e. The largest absolute Gasteiger partial charge is 0.394 e. The van der Waals surface area contributed by atoms with E-state index in [1.807, 2.05) is 0 Å². The molecule has 0 bridgehead atoms. The van der Waals surface area contributed by atoms with E-state index in [1.54, 1.807) is 0 Å². The van der Waals surface area contributed by atoms with Crippen LogP contribution in [0.2, 0.25) is 0 Å². The van der Waals surface area contributed by atoms with Crippen molar-refractivity contribution in [3.63, 3.8) is 0 Å². The summed E-state index contributed by atoms with van der Waals surface area (Å²) in [5, 5.41) is 24.2. The third kappa shape index (κ3) is 4.73. The molecule has 11 nitrogen and oxygen atoms in total. The molecule has 0 aromatic carbocycles. The third-order valence-corrected chi connectivity index (χ3v) is 2.83. The topological polar surface area (TPSA) is 204 Å². The number of aliphatic hydroxyl groups is 2. The van der Waals surface area contributed by atoms with Gasteiger partial charge in [0, 0.05) is 0 Å². The van der Waals surface area contributed by atoms with Crippen LogP contribution in [0.15, 0.2) is 4.52 Å². The van der Waals surface area contributed by atoms with E-state index < -0.39 is 42.7 Å². The summed E-state index contributed by atoms with van der Waals surface area (Å²) in [4.78, 5) is 26.8. The highest BCUT2D eigenvalue weighted by Crippen LogP contribution is 2.16. The summed E-state index contributed by atoms with van der Waals surface area (Å²) in [6.45, 7) is 0.942. The maximum absolute atomic E-state index is 11.8. The van der Waals surface area contributed by atoms with Gasteiger partial charge in [-0.05, 0) is 6.92 Å². The second-order valence-corrected chi connectivity index (χ2v) is 4.78. The summed E-state index contributed by atoms with van der Waals surface area (Å²) in [7, 11) is 0. The second kappa shape index (κ2) is 7.79. The van der Waals surface area contributed by atoms with Gasteiger partial charge in [-0.1, -0.05) is 5.16 Å². The minimum Gasteiger partial charge on any atom is -0.394 e. The third-order valence-electron chi connectivity index (χ3n) is 2.83. The van der Waals surface area contributed by atoms with Crippen LogP contribution in [-0.2, 0) is 9.59 Å². The number of nitrogens with one attached hydrogen (secondary N) is 1. The maximum Gasteiger partial charge on any atom is 0.249 e. The average Bonchev–Trinajstić information content (AvgIpc) is 2.93. The van der Waals surface area contributed by atoms with Crippen molar-refractivity contribution >= 4 is 11.8 Å². The number of hydrogen-bond donors (Lipinski definition) is 6. The van der Waals surface area contributed by atoms with Crippen LogP contribution in [0.1, 0.15) is 37.1 Å². The van der Waals surface area contributed by atoms with Gasteiger partial charge in [-0.3, -0.25) is 9.59 Å². The lowest BCUT2D eigenvalue weighted by Gasteiger charge is -2.18. The Labute approximate surface area is 125 Å². The highest BCUT2D eigenvalue weighted by atomic mass is 16.5. The molecule has 0 aliphatic heterocycles. The average molecular weight is 316 g/mol. The van der Waals surface area contributed by atoms with Gasteiger partial charge in [0.05, 0.1) is 25.2 Å². The van der Waals surface area contributed by atoms with E-state index in [1.165, 1.54) is 6.92 Å². The molecule has 0 radical (unpaired) electrons. The zero-order chi connectivity index (χ0) is 16.9. The molecular weight excluding hydrogens is 296 g/mol. The fourth-order valence-electron chi connectivity index (χ4n) is 1.51. The van der Waals surface area contributed by atoms with Gasteiger partial charge in [0.15, 0.2) is 5.82 Å². The van der Waals surface area contributed by atoms with Crippen LogP contribution >= 0.6 is 0 Å². The number of rotatable bonds is 8. The molecule has 0 saturated carbocycles. The minimum atomic E-state index is -1.20. The quantitative estimate of drug-likeness (QED) is 0.285.